The van der Waals surface area contributed by atoms with Crippen LogP contribution in [0.25, 0.3) is 0 Å². The maximum Gasteiger partial charge on any atom is 0.150 e. The molecule has 2 rings (SSSR count). The van der Waals surface area contributed by atoms with Gasteiger partial charge >= 0.3 is 0 Å². The quantitative estimate of drug-likeness (QED) is 0.878. The average Bonchev–Trinajstić information content (AvgIpc) is 2.91. The predicted molar refractivity (Wildman–Crippen MR) is 72.4 cm³/mol. The molecule has 0 saturated heterocycles. The minimum absolute atomic E-state index is 0.275. The van der Waals surface area contributed by atoms with Crippen molar-refractivity contribution in [3.8, 4) is 6.07 Å². The van der Waals surface area contributed by atoms with E-state index in [-0.39, 0.29) is 5.92 Å². The van der Waals surface area contributed by atoms with Crippen LogP contribution in [-0.4, -0.2) is 16.5 Å². The highest BCUT2D eigenvalue weighted by atomic mass is 32.1. The van der Waals surface area contributed by atoms with Crippen molar-refractivity contribution in [2.45, 2.75) is 12.8 Å². The van der Waals surface area contributed by atoms with Crippen LogP contribution in [0.5, 0.6) is 0 Å². The van der Waals surface area contributed by atoms with Crippen molar-refractivity contribution in [3.63, 3.8) is 0 Å². The summed E-state index contributed by atoms with van der Waals surface area (Å²) in [5.41, 5.74) is 6.67. The first kappa shape index (κ1) is 12.3. The predicted octanol–water partition coefficient (Wildman–Crippen LogP) is 2.21. The van der Waals surface area contributed by atoms with Gasteiger partial charge in [0.25, 0.3) is 0 Å². The number of pyridine rings is 1. The monoisotopic (exact) mass is 259 g/mol. The molecule has 1 atom stereocenters. The van der Waals surface area contributed by atoms with E-state index < -0.39 is 0 Å². The Labute approximate surface area is 109 Å². The summed E-state index contributed by atoms with van der Waals surface area (Å²) in [6.07, 6.45) is 3.37. The molecule has 1 unspecified atom stereocenters. The molecule has 92 valence electrons. The number of rotatable bonds is 4. The molecular weight excluding hydrogens is 246 g/mol. The second-order valence-electron chi connectivity index (χ2n) is 3.88. The van der Waals surface area contributed by atoms with E-state index in [1.54, 1.807) is 29.8 Å². The maximum absolute atomic E-state index is 8.88. The Hall–Kier alpha value is -2.13. The zero-order valence-electron chi connectivity index (χ0n) is 9.92. The van der Waals surface area contributed by atoms with Gasteiger partial charge < -0.3 is 11.1 Å². The first-order chi connectivity index (χ1) is 8.72. The molecule has 0 bridgehead atoms. The number of anilines is 2. The number of nitriles is 1. The van der Waals surface area contributed by atoms with E-state index in [1.165, 1.54) is 0 Å². The highest BCUT2D eigenvalue weighted by Gasteiger charge is 2.10. The number of nitrogens with two attached hydrogens (primary N) is 1. The first-order valence-electron chi connectivity index (χ1n) is 5.50. The Bertz CT molecular complexity index is 558. The Morgan fingerprint density at radius 1 is 1.50 bits per heavy atom. The Kier molecular flexibility index (Phi) is 3.75. The normalized spacial score (nSPS) is 11.8. The highest BCUT2D eigenvalue weighted by molar-refractivity contribution is 7.09. The first-order valence-corrected chi connectivity index (χ1v) is 6.38. The number of nitrogens with one attached hydrogen (secondary N) is 1. The molecule has 0 radical (unpaired) electrons. The molecule has 0 saturated carbocycles. The van der Waals surface area contributed by atoms with Crippen molar-refractivity contribution in [1.82, 2.24) is 9.97 Å². The molecule has 0 fully saturated rings. The number of nitrogens with zero attached hydrogens (tertiary/aromatic N) is 3. The summed E-state index contributed by atoms with van der Waals surface area (Å²) in [4.78, 5) is 8.40. The largest absolute Gasteiger partial charge is 0.395 e. The minimum atomic E-state index is 0.275. The van der Waals surface area contributed by atoms with Gasteiger partial charge in [-0.25, -0.2) is 9.97 Å². The fourth-order valence-corrected chi connectivity index (χ4v) is 2.23. The third-order valence-electron chi connectivity index (χ3n) is 2.56. The van der Waals surface area contributed by atoms with E-state index in [4.69, 9.17) is 11.0 Å². The summed E-state index contributed by atoms with van der Waals surface area (Å²) >= 11 is 1.62. The van der Waals surface area contributed by atoms with Gasteiger partial charge in [0.05, 0.1) is 16.3 Å². The molecule has 0 aliphatic heterocycles. The Morgan fingerprint density at radius 3 is 3.00 bits per heavy atom. The lowest BCUT2D eigenvalue weighted by Gasteiger charge is -2.12. The van der Waals surface area contributed by atoms with Crippen LogP contribution in [0, 0.1) is 11.3 Å². The number of thiazole rings is 1. The molecule has 6 heteroatoms. The van der Waals surface area contributed by atoms with Crippen molar-refractivity contribution in [2.24, 2.45) is 0 Å². The minimum Gasteiger partial charge on any atom is -0.395 e. The van der Waals surface area contributed by atoms with Crippen molar-refractivity contribution < 1.29 is 0 Å². The van der Waals surface area contributed by atoms with E-state index in [0.717, 1.165) is 5.01 Å². The Morgan fingerprint density at radius 2 is 2.33 bits per heavy atom. The zero-order chi connectivity index (χ0) is 13.0. The van der Waals surface area contributed by atoms with Gasteiger partial charge in [-0.2, -0.15) is 5.26 Å². The summed E-state index contributed by atoms with van der Waals surface area (Å²) in [7, 11) is 0. The summed E-state index contributed by atoms with van der Waals surface area (Å²) in [6.45, 7) is 2.76. The molecule has 0 spiro atoms. The lowest BCUT2D eigenvalue weighted by atomic mass is 10.2. The van der Waals surface area contributed by atoms with Crippen LogP contribution in [0.15, 0.2) is 23.8 Å². The van der Waals surface area contributed by atoms with Crippen LogP contribution >= 0.6 is 11.3 Å². The van der Waals surface area contributed by atoms with Crippen LogP contribution in [0.1, 0.15) is 23.4 Å². The molecular formula is C12H13N5S. The van der Waals surface area contributed by atoms with Gasteiger partial charge in [0.2, 0.25) is 0 Å². The number of aromatic nitrogens is 2. The second-order valence-corrected chi connectivity index (χ2v) is 4.81. The van der Waals surface area contributed by atoms with Gasteiger partial charge in [0.1, 0.15) is 6.07 Å². The smallest absolute Gasteiger partial charge is 0.150 e. The Balaban J connectivity index is 2.05. The van der Waals surface area contributed by atoms with Gasteiger partial charge in [0, 0.05) is 30.2 Å². The number of hydrogen-bond acceptors (Lipinski definition) is 6. The fraction of sp³-hybridized carbons (Fsp3) is 0.250. The van der Waals surface area contributed by atoms with Crippen molar-refractivity contribution in [2.75, 3.05) is 17.6 Å². The van der Waals surface area contributed by atoms with E-state index in [9.17, 15) is 0 Å². The molecule has 2 aromatic heterocycles. The summed E-state index contributed by atoms with van der Waals surface area (Å²) < 4.78 is 0. The summed E-state index contributed by atoms with van der Waals surface area (Å²) in [5.74, 6) is 0.828. The molecule has 5 nitrogen and oxygen atoms in total. The lowest BCUT2D eigenvalue weighted by molar-refractivity contribution is 0.792. The van der Waals surface area contributed by atoms with Crippen molar-refractivity contribution in [3.05, 3.63) is 34.4 Å². The molecule has 0 aliphatic carbocycles. The molecule has 18 heavy (non-hydrogen) atoms. The van der Waals surface area contributed by atoms with Gasteiger partial charge in [-0.05, 0) is 6.07 Å². The molecule has 2 aromatic rings. The van der Waals surface area contributed by atoms with E-state index in [2.05, 4.69) is 22.2 Å². The van der Waals surface area contributed by atoms with Gasteiger partial charge in [-0.1, -0.05) is 6.92 Å². The highest BCUT2D eigenvalue weighted by Crippen LogP contribution is 2.22. The van der Waals surface area contributed by atoms with Crippen LogP contribution in [0.2, 0.25) is 0 Å². The zero-order valence-corrected chi connectivity index (χ0v) is 10.7. The van der Waals surface area contributed by atoms with E-state index >= 15 is 0 Å². The fourth-order valence-electron chi connectivity index (χ4n) is 1.53. The third-order valence-corrected chi connectivity index (χ3v) is 3.57. The van der Waals surface area contributed by atoms with E-state index in [1.807, 2.05) is 11.4 Å². The molecule has 0 amide bonds. The maximum atomic E-state index is 8.88. The third kappa shape index (κ3) is 2.57. The van der Waals surface area contributed by atoms with Gasteiger partial charge in [-0.3, -0.25) is 0 Å². The van der Waals surface area contributed by atoms with Crippen LogP contribution in [0.3, 0.4) is 0 Å². The van der Waals surface area contributed by atoms with Crippen LogP contribution in [-0.2, 0) is 0 Å². The van der Waals surface area contributed by atoms with Crippen molar-refractivity contribution >= 4 is 22.8 Å². The molecule has 3 N–H and O–H groups in total. The van der Waals surface area contributed by atoms with Crippen LogP contribution < -0.4 is 11.1 Å². The SMILES string of the molecule is CC(CNc1nccc(C#N)c1N)c1nccs1. The average molecular weight is 259 g/mol. The van der Waals surface area contributed by atoms with Gasteiger partial charge in [-0.15, -0.1) is 11.3 Å². The van der Waals surface area contributed by atoms with E-state index in [0.29, 0.717) is 23.6 Å². The standard InChI is InChI=1S/C12H13N5S/c1-8(12-16-4-5-18-12)7-17-11-10(14)9(6-13)2-3-15-11/h2-5,8H,7,14H2,1H3,(H,15,17). The summed E-state index contributed by atoms with van der Waals surface area (Å²) in [5, 5.41) is 15.1. The summed E-state index contributed by atoms with van der Waals surface area (Å²) in [6, 6.07) is 3.64. The van der Waals surface area contributed by atoms with Gasteiger partial charge in [0.15, 0.2) is 5.82 Å². The molecule has 0 aromatic carbocycles. The topological polar surface area (TPSA) is 87.6 Å². The molecule has 0 aliphatic rings. The number of hydrogen-bond donors (Lipinski definition) is 2. The van der Waals surface area contributed by atoms with Crippen LogP contribution in [0.4, 0.5) is 11.5 Å². The second kappa shape index (κ2) is 5.47. The van der Waals surface area contributed by atoms with Crippen molar-refractivity contribution in [1.29, 1.82) is 5.26 Å². The number of nitrogen functional groups attached to an aromatic ring is 1. The lowest BCUT2D eigenvalue weighted by Crippen LogP contribution is -2.12. The molecule has 2 heterocycles.